The van der Waals surface area contributed by atoms with Crippen LogP contribution in [0.2, 0.25) is 0 Å². The van der Waals surface area contributed by atoms with Crippen LogP contribution in [0.5, 0.6) is 0 Å². The summed E-state index contributed by atoms with van der Waals surface area (Å²) in [6.07, 6.45) is 0.275. The maximum Gasteiger partial charge on any atom is 0.335 e. The summed E-state index contributed by atoms with van der Waals surface area (Å²) in [5.41, 5.74) is 1.89. The van der Waals surface area contributed by atoms with Crippen molar-refractivity contribution in [1.29, 1.82) is 0 Å². The summed E-state index contributed by atoms with van der Waals surface area (Å²) in [6, 6.07) is 7.63. The van der Waals surface area contributed by atoms with E-state index in [1.165, 1.54) is 0 Å². The van der Waals surface area contributed by atoms with Crippen LogP contribution in [0.25, 0.3) is 0 Å². The molecule has 5 heteroatoms. The molecular weight excluding hydrogens is 259 g/mol. The van der Waals surface area contributed by atoms with Crippen molar-refractivity contribution in [2.75, 3.05) is 13.2 Å². The van der Waals surface area contributed by atoms with Gasteiger partial charge >= 0.3 is 7.60 Å². The van der Waals surface area contributed by atoms with Crippen molar-refractivity contribution in [3.8, 4) is 0 Å². The SMILES string of the molecule is CCOP(=O)(Cc1ccccc1CCl)OCC. The second-order valence-corrected chi connectivity index (χ2v) is 5.83. The summed E-state index contributed by atoms with van der Waals surface area (Å²) in [5, 5.41) is 0. The molecule has 1 aromatic carbocycles. The number of alkyl halides is 1. The van der Waals surface area contributed by atoms with Crippen molar-refractivity contribution < 1.29 is 13.6 Å². The lowest BCUT2D eigenvalue weighted by Gasteiger charge is -2.18. The Hall–Kier alpha value is -0.340. The van der Waals surface area contributed by atoms with Gasteiger partial charge < -0.3 is 9.05 Å². The average Bonchev–Trinajstić information content (AvgIpc) is 2.30. The van der Waals surface area contributed by atoms with Crippen molar-refractivity contribution in [2.45, 2.75) is 25.9 Å². The zero-order valence-corrected chi connectivity index (χ0v) is 11.8. The van der Waals surface area contributed by atoms with Gasteiger partial charge in [0.15, 0.2) is 0 Å². The van der Waals surface area contributed by atoms with Gasteiger partial charge in [0.1, 0.15) is 0 Å². The molecule has 3 nitrogen and oxygen atoms in total. The molecule has 0 amide bonds. The lowest BCUT2D eigenvalue weighted by Crippen LogP contribution is -2.01. The molecule has 0 heterocycles. The first kappa shape index (κ1) is 14.7. The number of hydrogen-bond acceptors (Lipinski definition) is 3. The van der Waals surface area contributed by atoms with Crippen LogP contribution in [0.15, 0.2) is 24.3 Å². The van der Waals surface area contributed by atoms with Crippen LogP contribution in [0, 0.1) is 0 Å². The molecule has 0 unspecified atom stereocenters. The predicted octanol–water partition coefficient (Wildman–Crippen LogP) is 4.19. The molecule has 0 radical (unpaired) electrons. The van der Waals surface area contributed by atoms with Gasteiger partial charge in [-0.15, -0.1) is 11.6 Å². The van der Waals surface area contributed by atoms with E-state index in [0.717, 1.165) is 11.1 Å². The molecular formula is C12H18ClO3P. The van der Waals surface area contributed by atoms with Gasteiger partial charge in [-0.2, -0.15) is 0 Å². The van der Waals surface area contributed by atoms with Gasteiger partial charge in [-0.25, -0.2) is 0 Å². The van der Waals surface area contributed by atoms with Gasteiger partial charge in [0.05, 0.1) is 19.4 Å². The van der Waals surface area contributed by atoms with Gasteiger partial charge in [0, 0.05) is 5.88 Å². The van der Waals surface area contributed by atoms with E-state index in [9.17, 15) is 4.57 Å². The Morgan fingerprint density at radius 2 is 1.65 bits per heavy atom. The third kappa shape index (κ3) is 4.44. The Labute approximate surface area is 108 Å². The fraction of sp³-hybridized carbons (Fsp3) is 0.500. The highest BCUT2D eigenvalue weighted by Crippen LogP contribution is 2.51. The van der Waals surface area contributed by atoms with Crippen molar-refractivity contribution in [3.63, 3.8) is 0 Å². The molecule has 1 aromatic rings. The van der Waals surface area contributed by atoms with Crippen LogP contribution < -0.4 is 0 Å². The van der Waals surface area contributed by atoms with Gasteiger partial charge in [-0.1, -0.05) is 24.3 Å². The molecule has 0 fully saturated rings. The molecule has 17 heavy (non-hydrogen) atoms. The predicted molar refractivity (Wildman–Crippen MR) is 70.6 cm³/mol. The lowest BCUT2D eigenvalue weighted by molar-refractivity contribution is 0.219. The molecule has 96 valence electrons. The van der Waals surface area contributed by atoms with Crippen LogP contribution in [-0.2, 0) is 25.7 Å². The Balaban J connectivity index is 2.89. The number of halogens is 1. The third-order valence-electron chi connectivity index (χ3n) is 2.28. The van der Waals surface area contributed by atoms with Crippen LogP contribution in [-0.4, -0.2) is 13.2 Å². The minimum Gasteiger partial charge on any atom is -0.309 e. The Morgan fingerprint density at radius 3 is 2.12 bits per heavy atom. The van der Waals surface area contributed by atoms with Crippen molar-refractivity contribution >= 4 is 19.2 Å². The molecule has 0 saturated heterocycles. The van der Waals surface area contributed by atoms with Crippen LogP contribution in [0.4, 0.5) is 0 Å². The highest BCUT2D eigenvalue weighted by molar-refractivity contribution is 7.53. The molecule has 0 aliphatic rings. The third-order valence-corrected chi connectivity index (χ3v) is 4.60. The summed E-state index contributed by atoms with van der Waals surface area (Å²) < 4.78 is 22.9. The largest absolute Gasteiger partial charge is 0.335 e. The molecule has 1 rings (SSSR count). The number of hydrogen-bond donors (Lipinski definition) is 0. The van der Waals surface area contributed by atoms with Crippen LogP contribution in [0.3, 0.4) is 0 Å². The van der Waals surface area contributed by atoms with E-state index in [-0.39, 0.29) is 6.16 Å². The molecule has 0 saturated carbocycles. The van der Waals surface area contributed by atoms with Gasteiger partial charge in [-0.05, 0) is 25.0 Å². The normalized spacial score (nSPS) is 11.7. The minimum atomic E-state index is -3.04. The minimum absolute atomic E-state index is 0.275. The Morgan fingerprint density at radius 1 is 1.12 bits per heavy atom. The van der Waals surface area contributed by atoms with Gasteiger partial charge in [0.25, 0.3) is 0 Å². The first-order valence-corrected chi connectivity index (χ1v) is 7.92. The first-order valence-electron chi connectivity index (χ1n) is 5.66. The Bertz CT molecular complexity index is 385. The number of benzene rings is 1. The summed E-state index contributed by atoms with van der Waals surface area (Å²) in [5.74, 6) is 0.397. The van der Waals surface area contributed by atoms with Crippen LogP contribution in [0.1, 0.15) is 25.0 Å². The topological polar surface area (TPSA) is 35.5 Å². The molecule has 0 aliphatic heterocycles. The molecule has 0 spiro atoms. The highest BCUT2D eigenvalue weighted by atomic mass is 35.5. The fourth-order valence-corrected chi connectivity index (χ4v) is 3.60. The Kier molecular flexibility index (Phi) is 6.21. The zero-order valence-electron chi connectivity index (χ0n) is 10.2. The van der Waals surface area contributed by atoms with Crippen molar-refractivity contribution in [1.82, 2.24) is 0 Å². The average molecular weight is 277 g/mol. The van der Waals surface area contributed by atoms with E-state index in [1.54, 1.807) is 13.8 Å². The van der Waals surface area contributed by atoms with Crippen molar-refractivity contribution in [2.24, 2.45) is 0 Å². The second kappa shape index (κ2) is 7.17. The van der Waals surface area contributed by atoms with E-state index in [0.29, 0.717) is 19.1 Å². The van der Waals surface area contributed by atoms with E-state index >= 15 is 0 Å². The van der Waals surface area contributed by atoms with E-state index in [2.05, 4.69) is 0 Å². The van der Waals surface area contributed by atoms with E-state index < -0.39 is 7.60 Å². The number of rotatable bonds is 7. The first-order chi connectivity index (χ1) is 8.15. The smallest absolute Gasteiger partial charge is 0.309 e. The molecule has 0 aliphatic carbocycles. The molecule has 0 aromatic heterocycles. The fourth-order valence-electron chi connectivity index (χ4n) is 1.57. The molecule has 0 N–H and O–H groups in total. The molecule has 0 atom stereocenters. The van der Waals surface area contributed by atoms with E-state index in [1.807, 2.05) is 24.3 Å². The summed E-state index contributed by atoms with van der Waals surface area (Å²) in [7, 11) is -3.04. The second-order valence-electron chi connectivity index (χ2n) is 3.51. The monoisotopic (exact) mass is 276 g/mol. The van der Waals surface area contributed by atoms with Crippen molar-refractivity contribution in [3.05, 3.63) is 35.4 Å². The highest BCUT2D eigenvalue weighted by Gasteiger charge is 2.24. The standard InChI is InChI=1S/C12H18ClO3P/c1-3-15-17(14,16-4-2)10-12-8-6-5-7-11(12)9-13/h5-8H,3-4,9-10H2,1-2H3. The van der Waals surface area contributed by atoms with Gasteiger partial charge in [-0.3, -0.25) is 4.57 Å². The van der Waals surface area contributed by atoms with E-state index in [4.69, 9.17) is 20.6 Å². The maximum atomic E-state index is 12.4. The van der Waals surface area contributed by atoms with Crippen LogP contribution >= 0.6 is 19.2 Å². The molecule has 0 bridgehead atoms. The summed E-state index contributed by atoms with van der Waals surface area (Å²) in [4.78, 5) is 0. The van der Waals surface area contributed by atoms with Gasteiger partial charge in [0.2, 0.25) is 0 Å². The summed E-state index contributed by atoms with van der Waals surface area (Å²) in [6.45, 7) is 4.36. The maximum absolute atomic E-state index is 12.4. The quantitative estimate of drug-likeness (QED) is 0.553. The zero-order chi connectivity index (χ0) is 12.7. The lowest BCUT2D eigenvalue weighted by atomic mass is 10.1. The summed E-state index contributed by atoms with van der Waals surface area (Å²) >= 11 is 5.84.